The molecule has 34 heavy (non-hydrogen) atoms. The van der Waals surface area contributed by atoms with Crippen molar-refractivity contribution in [1.82, 2.24) is 19.7 Å². The van der Waals surface area contributed by atoms with Gasteiger partial charge in [-0.1, -0.05) is 6.07 Å². The topological polar surface area (TPSA) is 116 Å². The molecule has 0 aliphatic carbocycles. The summed E-state index contributed by atoms with van der Waals surface area (Å²) in [6.07, 6.45) is 6.82. The van der Waals surface area contributed by atoms with Crippen LogP contribution in [0.5, 0.6) is 0 Å². The number of nitrogens with two attached hydrogens (primary N) is 1. The molecule has 172 valence electrons. The van der Waals surface area contributed by atoms with E-state index in [0.29, 0.717) is 18.9 Å². The molecule has 8 nitrogen and oxygen atoms in total. The minimum Gasteiger partial charge on any atom is -0.340 e. The lowest BCUT2D eigenvalue weighted by atomic mass is 9.98. The van der Waals surface area contributed by atoms with Gasteiger partial charge in [0.1, 0.15) is 5.82 Å². The molecule has 0 saturated carbocycles. The van der Waals surface area contributed by atoms with E-state index >= 15 is 0 Å². The van der Waals surface area contributed by atoms with Crippen molar-refractivity contribution in [3.63, 3.8) is 0 Å². The number of sulfone groups is 1. The Labute approximate surface area is 197 Å². The van der Waals surface area contributed by atoms with Gasteiger partial charge < -0.3 is 11.1 Å². The van der Waals surface area contributed by atoms with Gasteiger partial charge in [-0.3, -0.25) is 9.67 Å². The highest BCUT2D eigenvalue weighted by Crippen LogP contribution is 2.33. The maximum absolute atomic E-state index is 11.7. The van der Waals surface area contributed by atoms with Crippen LogP contribution in [0.25, 0.3) is 32.9 Å². The first-order valence-electron chi connectivity index (χ1n) is 10.8. The van der Waals surface area contributed by atoms with Gasteiger partial charge in [0.2, 0.25) is 0 Å². The van der Waals surface area contributed by atoms with E-state index in [9.17, 15) is 8.42 Å². The Balaban J connectivity index is 1.55. The van der Waals surface area contributed by atoms with Crippen molar-refractivity contribution in [2.24, 2.45) is 5.73 Å². The number of anilines is 2. The van der Waals surface area contributed by atoms with Crippen LogP contribution in [0, 0.1) is 6.92 Å². The lowest BCUT2D eigenvalue weighted by Crippen LogP contribution is -2.09. The number of nitrogens with one attached hydrogen (secondary N) is 1. The van der Waals surface area contributed by atoms with Gasteiger partial charge in [-0.15, -0.1) is 0 Å². The molecule has 3 aromatic heterocycles. The third-order valence-corrected chi connectivity index (χ3v) is 6.95. The van der Waals surface area contributed by atoms with Crippen molar-refractivity contribution in [3.05, 3.63) is 72.7 Å². The van der Waals surface area contributed by atoms with Crippen LogP contribution in [0.2, 0.25) is 0 Å². The monoisotopic (exact) mass is 472 g/mol. The van der Waals surface area contributed by atoms with Gasteiger partial charge in [0.15, 0.2) is 9.84 Å². The summed E-state index contributed by atoms with van der Waals surface area (Å²) in [5.74, 6) is 0.642. The van der Waals surface area contributed by atoms with Gasteiger partial charge in [0, 0.05) is 58.8 Å². The summed E-state index contributed by atoms with van der Waals surface area (Å²) in [4.78, 5) is 9.50. The van der Waals surface area contributed by atoms with Crippen molar-refractivity contribution >= 4 is 43.0 Å². The van der Waals surface area contributed by atoms with E-state index in [0.717, 1.165) is 44.2 Å². The minimum absolute atomic E-state index is 0.275. The molecule has 5 aromatic rings. The molecule has 0 aliphatic heterocycles. The minimum atomic E-state index is -3.24. The Hall–Kier alpha value is -3.82. The van der Waals surface area contributed by atoms with Crippen LogP contribution in [0.1, 0.15) is 5.56 Å². The summed E-state index contributed by atoms with van der Waals surface area (Å²) in [6.45, 7) is 3.28. The second-order valence-corrected chi connectivity index (χ2v) is 10.2. The Morgan fingerprint density at radius 1 is 1.03 bits per heavy atom. The fourth-order valence-electron chi connectivity index (χ4n) is 4.07. The molecule has 0 aliphatic rings. The number of pyridine rings is 2. The second kappa shape index (κ2) is 8.51. The van der Waals surface area contributed by atoms with Gasteiger partial charge in [-0.25, -0.2) is 13.4 Å². The molecular weight excluding hydrogens is 448 g/mol. The molecular formula is C25H24N6O2S. The molecule has 0 amide bonds. The summed E-state index contributed by atoms with van der Waals surface area (Å²) in [5.41, 5.74) is 10.4. The molecule has 0 atom stereocenters. The van der Waals surface area contributed by atoms with E-state index < -0.39 is 9.84 Å². The number of aromatic nitrogens is 4. The molecule has 0 spiro atoms. The molecule has 0 unspecified atom stereocenters. The van der Waals surface area contributed by atoms with Crippen LogP contribution in [-0.2, 0) is 16.4 Å². The zero-order valence-electron chi connectivity index (χ0n) is 18.9. The van der Waals surface area contributed by atoms with Crippen LogP contribution in [-0.4, -0.2) is 41.0 Å². The molecule has 5 rings (SSSR count). The van der Waals surface area contributed by atoms with Crippen molar-refractivity contribution in [2.45, 2.75) is 18.4 Å². The number of fused-ring (bicyclic) bond motifs is 2. The van der Waals surface area contributed by atoms with Crippen molar-refractivity contribution < 1.29 is 8.42 Å². The Kier molecular flexibility index (Phi) is 5.51. The number of rotatable bonds is 6. The van der Waals surface area contributed by atoms with Gasteiger partial charge in [-0.05, 0) is 55.0 Å². The second-order valence-electron chi connectivity index (χ2n) is 8.22. The average Bonchev–Trinajstić information content (AvgIpc) is 3.23. The Morgan fingerprint density at radius 2 is 1.82 bits per heavy atom. The van der Waals surface area contributed by atoms with Crippen LogP contribution >= 0.6 is 0 Å². The molecule has 0 fully saturated rings. The average molecular weight is 473 g/mol. The standard InChI is InChI=1S/C25H24N6O2S/c1-16-20(7-8-23-22(16)15-31(30-23)12-10-26)25-21-13-24(28-14-17(21)9-11-27-25)29-18-3-5-19(6-4-18)34(2,32)33/h3-9,11,13-15H,10,12,26H2,1-2H3,(H,28,29). The smallest absolute Gasteiger partial charge is 0.175 e. The highest BCUT2D eigenvalue weighted by atomic mass is 32.2. The summed E-state index contributed by atoms with van der Waals surface area (Å²) in [7, 11) is -3.24. The number of benzene rings is 2. The van der Waals surface area contributed by atoms with E-state index in [2.05, 4.69) is 28.4 Å². The zero-order chi connectivity index (χ0) is 23.9. The maximum Gasteiger partial charge on any atom is 0.175 e. The van der Waals surface area contributed by atoms with E-state index in [4.69, 9.17) is 10.7 Å². The third-order valence-electron chi connectivity index (χ3n) is 5.82. The fourth-order valence-corrected chi connectivity index (χ4v) is 4.70. The predicted molar refractivity (Wildman–Crippen MR) is 135 cm³/mol. The van der Waals surface area contributed by atoms with Gasteiger partial charge in [0.25, 0.3) is 0 Å². The van der Waals surface area contributed by atoms with Crippen molar-refractivity contribution in [2.75, 3.05) is 18.1 Å². The summed E-state index contributed by atoms with van der Waals surface area (Å²) in [5, 5.41) is 10.9. The Bertz CT molecular complexity index is 1630. The van der Waals surface area contributed by atoms with E-state index in [-0.39, 0.29) is 4.90 Å². The molecule has 0 saturated heterocycles. The predicted octanol–water partition coefficient (Wildman–Crippen LogP) is 4.06. The summed E-state index contributed by atoms with van der Waals surface area (Å²) >= 11 is 0. The van der Waals surface area contributed by atoms with Crippen LogP contribution in [0.4, 0.5) is 11.5 Å². The van der Waals surface area contributed by atoms with Gasteiger partial charge in [0.05, 0.1) is 22.7 Å². The number of nitrogens with zero attached hydrogens (tertiary/aromatic N) is 4. The first-order valence-corrected chi connectivity index (χ1v) is 12.7. The largest absolute Gasteiger partial charge is 0.340 e. The first-order chi connectivity index (χ1) is 16.3. The Morgan fingerprint density at radius 3 is 2.56 bits per heavy atom. The SMILES string of the molecule is Cc1c(-c2nccc3cnc(Nc4ccc(S(C)(=O)=O)cc4)cc23)ccc2nn(CCN)cc12. The quantitative estimate of drug-likeness (QED) is 0.383. The lowest BCUT2D eigenvalue weighted by molar-refractivity contribution is 0.602. The van der Waals surface area contributed by atoms with E-state index in [1.165, 1.54) is 6.26 Å². The maximum atomic E-state index is 11.7. The van der Waals surface area contributed by atoms with Crippen molar-refractivity contribution in [3.8, 4) is 11.3 Å². The lowest BCUT2D eigenvalue weighted by Gasteiger charge is -2.11. The molecule has 9 heteroatoms. The molecule has 3 heterocycles. The normalized spacial score (nSPS) is 11.9. The summed E-state index contributed by atoms with van der Waals surface area (Å²) in [6, 6.07) is 14.6. The van der Waals surface area contributed by atoms with Crippen LogP contribution < -0.4 is 11.1 Å². The van der Waals surface area contributed by atoms with Crippen LogP contribution in [0.3, 0.4) is 0 Å². The number of aryl methyl sites for hydroxylation is 1. The van der Waals surface area contributed by atoms with Gasteiger partial charge >= 0.3 is 0 Å². The third kappa shape index (κ3) is 4.11. The summed E-state index contributed by atoms with van der Waals surface area (Å²) < 4.78 is 25.3. The highest BCUT2D eigenvalue weighted by molar-refractivity contribution is 7.90. The molecule has 3 N–H and O–H groups in total. The molecule has 0 bridgehead atoms. The zero-order valence-corrected chi connectivity index (χ0v) is 19.7. The highest BCUT2D eigenvalue weighted by Gasteiger charge is 2.14. The number of hydrogen-bond acceptors (Lipinski definition) is 7. The first kappa shape index (κ1) is 22.0. The van der Waals surface area contributed by atoms with E-state index in [1.54, 1.807) is 36.7 Å². The fraction of sp³-hybridized carbons (Fsp3) is 0.160. The van der Waals surface area contributed by atoms with E-state index in [1.807, 2.05) is 29.1 Å². The van der Waals surface area contributed by atoms with Crippen molar-refractivity contribution in [1.29, 1.82) is 0 Å². The molecule has 0 radical (unpaired) electrons. The number of hydrogen-bond donors (Lipinski definition) is 2. The van der Waals surface area contributed by atoms with Crippen LogP contribution in [0.15, 0.2) is 72.0 Å². The molecule has 2 aromatic carbocycles. The van der Waals surface area contributed by atoms with Gasteiger partial charge in [-0.2, -0.15) is 5.10 Å².